The van der Waals surface area contributed by atoms with E-state index in [9.17, 15) is 23.6 Å². The van der Waals surface area contributed by atoms with Gasteiger partial charge < -0.3 is 19.4 Å². The van der Waals surface area contributed by atoms with Gasteiger partial charge in [0.15, 0.2) is 0 Å². The van der Waals surface area contributed by atoms with Gasteiger partial charge in [-0.3, -0.25) is 18.9 Å². The van der Waals surface area contributed by atoms with Crippen molar-refractivity contribution in [2.75, 3.05) is 6.61 Å². The van der Waals surface area contributed by atoms with E-state index in [2.05, 4.69) is 19.5 Å². The Morgan fingerprint density at radius 3 is 2.74 bits per heavy atom. The molecule has 0 radical (unpaired) electrons. The molecular weight excluding hydrogens is 410 g/mol. The van der Waals surface area contributed by atoms with E-state index in [4.69, 9.17) is 20.1 Å². The predicted molar refractivity (Wildman–Crippen MR) is 88.5 cm³/mol. The Morgan fingerprint density at radius 1 is 1.48 bits per heavy atom. The molecule has 1 fully saturated rings. The number of aromatic nitrogens is 2. The summed E-state index contributed by atoms with van der Waals surface area (Å²) in [4.78, 5) is 56.0. The molecule has 0 aliphatic carbocycles. The van der Waals surface area contributed by atoms with Gasteiger partial charge in [0.05, 0.1) is 18.8 Å². The molecule has 0 amide bonds. The summed E-state index contributed by atoms with van der Waals surface area (Å²) in [7, 11) is -9.91. The average molecular weight is 426 g/mol. The molecule has 4 atom stereocenters. The van der Waals surface area contributed by atoms with Crippen LogP contribution in [0.5, 0.6) is 0 Å². The van der Waals surface area contributed by atoms with E-state index >= 15 is 0 Å². The third-order valence-electron chi connectivity index (χ3n) is 3.53. The monoisotopic (exact) mass is 426 g/mol. The van der Waals surface area contributed by atoms with Crippen LogP contribution < -0.4 is 16.1 Å². The van der Waals surface area contributed by atoms with Crippen LogP contribution in [0.2, 0.25) is 0 Å². The van der Waals surface area contributed by atoms with Crippen molar-refractivity contribution in [2.24, 2.45) is 5.11 Å². The van der Waals surface area contributed by atoms with Gasteiger partial charge in [0.2, 0.25) is 0 Å². The second kappa shape index (κ2) is 8.07. The smallest absolute Gasteiger partial charge is 0.352 e. The quantitative estimate of drug-likeness (QED) is 0.164. The van der Waals surface area contributed by atoms with Crippen LogP contribution >= 0.6 is 15.5 Å². The van der Waals surface area contributed by atoms with E-state index in [1.165, 1.54) is 13.1 Å². The number of nitrogens with zero attached hydrogens (tertiary/aromatic N) is 4. The van der Waals surface area contributed by atoms with E-state index in [1.54, 1.807) is 0 Å². The maximum absolute atomic E-state index is 11.9. The number of hydrogen-bond donors (Lipinski definition) is 5. The molecule has 1 saturated heterocycles. The van der Waals surface area contributed by atoms with E-state index in [0.29, 0.717) is 0 Å². The zero-order valence-corrected chi connectivity index (χ0v) is 15.5. The summed E-state index contributed by atoms with van der Waals surface area (Å²) in [6.07, 6.45) is -0.825. The van der Waals surface area contributed by atoms with Crippen LogP contribution in [-0.2, 0) is 18.4 Å². The Hall–Kier alpha value is -1.79. The highest BCUT2D eigenvalue weighted by molar-refractivity contribution is 7.66. The lowest BCUT2D eigenvalue weighted by molar-refractivity contribution is -0.0242. The van der Waals surface area contributed by atoms with Gasteiger partial charge in [-0.2, -0.15) is 0 Å². The van der Waals surface area contributed by atoms with Crippen LogP contribution in [0.25, 0.3) is 10.4 Å². The molecule has 2 rings (SSSR count). The van der Waals surface area contributed by atoms with Crippen molar-refractivity contribution in [2.45, 2.75) is 31.7 Å². The van der Waals surface area contributed by atoms with E-state index in [0.717, 1.165) is 9.42 Å². The summed E-state index contributed by atoms with van der Waals surface area (Å²) in [6, 6.07) is -0.908. The fraction of sp³-hybridized carbons (Fsp3) is 0.600. The minimum absolute atomic E-state index is 0.00880. The molecule has 27 heavy (non-hydrogen) atoms. The molecule has 15 nitrogen and oxygen atoms in total. The van der Waals surface area contributed by atoms with E-state index < -0.39 is 51.7 Å². The summed E-state index contributed by atoms with van der Waals surface area (Å²) in [5.74, 6) is 0. The van der Waals surface area contributed by atoms with Gasteiger partial charge in [-0.15, -0.1) is 4.86 Å². The predicted octanol–water partition coefficient (Wildman–Crippen LogP) is -0.389. The van der Waals surface area contributed by atoms with Crippen LogP contribution in [0.4, 0.5) is 0 Å². The first-order valence-corrected chi connectivity index (χ1v) is 10.4. The standard InChI is InChI=1S/C10H16N6O9P2/c1-5-3-16(10(18)12-9(5)17)8-2-6(13-14-11)7(25-8)4-24-27(22,23)15-26(19,20)21/h3,6-8H,2,4H2,1H3,(H,12,17,18)(H4,15,19,20,21,22,23)/t6-,7+,8+/m0/s1. The lowest BCUT2D eigenvalue weighted by Crippen LogP contribution is -2.33. The van der Waals surface area contributed by atoms with Crippen LogP contribution in [0.1, 0.15) is 18.2 Å². The minimum Gasteiger partial charge on any atom is -0.352 e. The molecule has 0 aromatic carbocycles. The second-order valence-corrected chi connectivity index (χ2v) is 8.76. The average Bonchev–Trinajstić information content (AvgIpc) is 2.90. The summed E-state index contributed by atoms with van der Waals surface area (Å²) < 4.78 is 33.5. The van der Waals surface area contributed by atoms with Crippen molar-refractivity contribution < 1.29 is 33.1 Å². The first-order valence-electron chi connectivity index (χ1n) is 7.26. The number of aryl methyl sites for hydroxylation is 1. The maximum Gasteiger partial charge on any atom is 0.412 e. The fourth-order valence-corrected chi connectivity index (χ4v) is 4.29. The van der Waals surface area contributed by atoms with Crippen molar-refractivity contribution >= 4 is 15.5 Å². The van der Waals surface area contributed by atoms with Crippen molar-refractivity contribution in [3.05, 3.63) is 43.0 Å². The number of ether oxygens (including phenoxy) is 1. The number of aromatic amines is 1. The van der Waals surface area contributed by atoms with Crippen molar-refractivity contribution in [3.8, 4) is 0 Å². The van der Waals surface area contributed by atoms with Gasteiger partial charge in [-0.05, 0) is 12.5 Å². The van der Waals surface area contributed by atoms with Crippen LogP contribution in [0.3, 0.4) is 0 Å². The molecule has 1 aromatic rings. The Balaban J connectivity index is 2.18. The third-order valence-corrected chi connectivity index (χ3v) is 6.08. The lowest BCUT2D eigenvalue weighted by atomic mass is 10.1. The molecule has 0 bridgehead atoms. The molecule has 1 aliphatic heterocycles. The van der Waals surface area contributed by atoms with Gasteiger partial charge in [0.25, 0.3) is 5.56 Å². The number of rotatable bonds is 7. The van der Waals surface area contributed by atoms with Gasteiger partial charge >= 0.3 is 21.2 Å². The topological polar surface area (TPSA) is 229 Å². The molecule has 2 heterocycles. The maximum atomic E-state index is 11.9. The third kappa shape index (κ3) is 5.84. The minimum atomic E-state index is -5.04. The fourth-order valence-electron chi connectivity index (χ4n) is 2.39. The zero-order chi connectivity index (χ0) is 20.4. The normalized spacial score (nSPS) is 25.0. The van der Waals surface area contributed by atoms with Crippen molar-refractivity contribution in [3.63, 3.8) is 0 Å². The summed E-state index contributed by atoms with van der Waals surface area (Å²) in [5.41, 5.74) is 7.52. The van der Waals surface area contributed by atoms with Crippen LogP contribution in [0.15, 0.2) is 20.9 Å². The van der Waals surface area contributed by atoms with Gasteiger partial charge in [-0.25, -0.2) is 13.9 Å². The number of azide groups is 1. The zero-order valence-electron chi connectivity index (χ0n) is 13.7. The van der Waals surface area contributed by atoms with Gasteiger partial charge in [0.1, 0.15) is 6.23 Å². The van der Waals surface area contributed by atoms with Gasteiger partial charge in [-0.1, -0.05) is 5.11 Å². The molecular formula is C10H16N6O9P2. The lowest BCUT2D eigenvalue weighted by Gasteiger charge is -2.19. The molecule has 0 saturated carbocycles. The Labute approximate surface area is 150 Å². The number of nitrogens with one attached hydrogen (secondary N) is 2. The second-order valence-electron chi connectivity index (χ2n) is 5.58. The molecule has 150 valence electrons. The molecule has 0 spiro atoms. The number of hydrogen-bond acceptors (Lipinski definition) is 7. The Morgan fingerprint density at radius 2 is 2.15 bits per heavy atom. The first kappa shape index (κ1) is 21.5. The first-order chi connectivity index (χ1) is 12.4. The van der Waals surface area contributed by atoms with E-state index in [1.807, 2.05) is 0 Å². The Kier molecular flexibility index (Phi) is 6.43. The van der Waals surface area contributed by atoms with Crippen molar-refractivity contribution in [1.29, 1.82) is 0 Å². The van der Waals surface area contributed by atoms with E-state index in [-0.39, 0.29) is 12.0 Å². The highest BCUT2D eigenvalue weighted by Crippen LogP contribution is 2.49. The molecule has 1 aromatic heterocycles. The molecule has 5 N–H and O–H groups in total. The van der Waals surface area contributed by atoms with Crippen molar-refractivity contribution in [1.82, 2.24) is 14.4 Å². The molecule has 17 heteroatoms. The summed E-state index contributed by atoms with van der Waals surface area (Å²) in [6.45, 7) is 0.795. The molecule has 1 aliphatic rings. The molecule has 1 unspecified atom stereocenters. The van der Waals surface area contributed by atoms with Crippen LogP contribution in [0, 0.1) is 6.92 Å². The SMILES string of the molecule is Cc1cn([C@H]2C[C@H](N=[N+]=[N-])[C@@H](COP(=O)(O)NP(=O)(O)O)O2)c(=O)[nH]c1=O. The summed E-state index contributed by atoms with van der Waals surface area (Å²) >= 11 is 0. The highest BCUT2D eigenvalue weighted by atomic mass is 31.3. The Bertz CT molecular complexity index is 963. The summed E-state index contributed by atoms with van der Waals surface area (Å²) in [5, 5.41) is 3.47. The van der Waals surface area contributed by atoms with Gasteiger partial charge in [0, 0.05) is 23.1 Å². The van der Waals surface area contributed by atoms with Crippen LogP contribution in [-0.4, -0.2) is 43.0 Å². The highest BCUT2D eigenvalue weighted by Gasteiger charge is 2.39. The number of H-pyrrole nitrogens is 1. The largest absolute Gasteiger partial charge is 0.412 e.